The number of hydrogen-bond donors (Lipinski definition) is 1. The Hall–Kier alpha value is -1.92. The Morgan fingerprint density at radius 2 is 1.71 bits per heavy atom. The summed E-state index contributed by atoms with van der Waals surface area (Å²) in [6.07, 6.45) is 2.23. The third-order valence-corrected chi connectivity index (χ3v) is 5.76. The molecular weight excluding hydrogens is 352 g/mol. The lowest BCUT2D eigenvalue weighted by atomic mass is 10.1. The molecular formula is C22H34N4O2. The Kier molecular flexibility index (Phi) is 7.08. The molecule has 6 heteroatoms. The average Bonchev–Trinajstić information content (AvgIpc) is 3.50. The molecule has 28 heavy (non-hydrogen) atoms. The first kappa shape index (κ1) is 20.8. The Morgan fingerprint density at radius 3 is 2.29 bits per heavy atom. The van der Waals surface area contributed by atoms with Crippen LogP contribution in [0.1, 0.15) is 39.2 Å². The number of carbonyl (C=O) groups is 2. The molecule has 1 atom stereocenters. The molecule has 1 aromatic rings. The van der Waals surface area contributed by atoms with E-state index in [0.717, 1.165) is 44.6 Å². The molecule has 1 aliphatic heterocycles. The Morgan fingerprint density at radius 1 is 1.07 bits per heavy atom. The minimum Gasteiger partial charge on any atom is -0.352 e. The second-order valence-electron chi connectivity index (χ2n) is 8.37. The van der Waals surface area contributed by atoms with Crippen molar-refractivity contribution in [3.63, 3.8) is 0 Å². The van der Waals surface area contributed by atoms with Gasteiger partial charge < -0.3 is 10.2 Å². The average molecular weight is 387 g/mol. The van der Waals surface area contributed by atoms with Crippen LogP contribution >= 0.6 is 0 Å². The Balaban J connectivity index is 1.47. The molecule has 0 spiro atoms. The van der Waals surface area contributed by atoms with Crippen molar-refractivity contribution in [3.05, 3.63) is 35.9 Å². The van der Waals surface area contributed by atoms with E-state index in [9.17, 15) is 9.59 Å². The Labute approximate surface area is 168 Å². The summed E-state index contributed by atoms with van der Waals surface area (Å²) in [5.41, 5.74) is 1.16. The quantitative estimate of drug-likeness (QED) is 0.739. The highest BCUT2D eigenvalue weighted by molar-refractivity contribution is 5.82. The van der Waals surface area contributed by atoms with Crippen molar-refractivity contribution >= 4 is 11.8 Å². The molecule has 2 aliphatic rings. The van der Waals surface area contributed by atoms with Crippen LogP contribution in [0.15, 0.2) is 30.3 Å². The van der Waals surface area contributed by atoms with E-state index in [1.54, 1.807) is 0 Å². The number of piperazine rings is 1. The number of benzene rings is 1. The molecule has 6 nitrogen and oxygen atoms in total. The lowest BCUT2D eigenvalue weighted by molar-refractivity contribution is -0.136. The molecule has 1 saturated carbocycles. The van der Waals surface area contributed by atoms with Crippen molar-refractivity contribution in [1.82, 2.24) is 20.0 Å². The standard InChI is InChI=1S/C22H34N4O2/c1-17(2)26(15-19-7-5-4-6-8-19)21(27)16-24-11-13-25(14-12-24)18(3)22(28)23-20-9-10-20/h4-8,17-18,20H,9-16H2,1-3H3,(H,23,28). The SMILES string of the molecule is CC(C(=O)NC1CC1)N1CCN(CC(=O)N(Cc2ccccc2)C(C)C)CC1. The molecule has 1 aromatic carbocycles. The first-order valence-corrected chi connectivity index (χ1v) is 10.5. The van der Waals surface area contributed by atoms with Crippen molar-refractivity contribution in [2.75, 3.05) is 32.7 Å². The predicted molar refractivity (Wildman–Crippen MR) is 111 cm³/mol. The van der Waals surface area contributed by atoms with E-state index in [0.29, 0.717) is 19.1 Å². The number of carbonyl (C=O) groups excluding carboxylic acids is 2. The Bertz CT molecular complexity index is 652. The normalized spacial score (nSPS) is 19.4. The van der Waals surface area contributed by atoms with E-state index < -0.39 is 0 Å². The topological polar surface area (TPSA) is 55.9 Å². The van der Waals surface area contributed by atoms with Crippen LogP contribution in [0, 0.1) is 0 Å². The van der Waals surface area contributed by atoms with E-state index in [1.165, 1.54) is 0 Å². The van der Waals surface area contributed by atoms with Gasteiger partial charge in [0.25, 0.3) is 0 Å². The van der Waals surface area contributed by atoms with Crippen molar-refractivity contribution in [2.45, 2.75) is 58.3 Å². The molecule has 1 saturated heterocycles. The number of hydrogen-bond acceptors (Lipinski definition) is 4. The summed E-state index contributed by atoms with van der Waals surface area (Å²) in [5, 5.41) is 3.09. The van der Waals surface area contributed by atoms with Crippen LogP contribution in [0.2, 0.25) is 0 Å². The van der Waals surface area contributed by atoms with Gasteiger partial charge in [-0.25, -0.2) is 0 Å². The minimum absolute atomic E-state index is 0.0938. The van der Waals surface area contributed by atoms with Gasteiger partial charge in [-0.05, 0) is 39.2 Å². The van der Waals surface area contributed by atoms with Gasteiger partial charge in [0.05, 0.1) is 12.6 Å². The number of nitrogens with zero attached hydrogens (tertiary/aromatic N) is 3. The molecule has 1 aliphatic carbocycles. The maximum atomic E-state index is 12.9. The van der Waals surface area contributed by atoms with Crippen LogP contribution in [0.3, 0.4) is 0 Å². The maximum absolute atomic E-state index is 12.9. The summed E-state index contributed by atoms with van der Waals surface area (Å²) < 4.78 is 0. The van der Waals surface area contributed by atoms with E-state index in [4.69, 9.17) is 0 Å². The summed E-state index contributed by atoms with van der Waals surface area (Å²) in [6.45, 7) is 10.5. The van der Waals surface area contributed by atoms with E-state index in [1.807, 2.05) is 30.0 Å². The molecule has 1 heterocycles. The lowest BCUT2D eigenvalue weighted by Crippen LogP contribution is -2.55. The van der Waals surface area contributed by atoms with Gasteiger partial charge in [0.1, 0.15) is 0 Å². The van der Waals surface area contributed by atoms with Crippen LogP contribution in [0.25, 0.3) is 0 Å². The fourth-order valence-corrected chi connectivity index (χ4v) is 3.64. The molecule has 0 bridgehead atoms. The first-order valence-electron chi connectivity index (χ1n) is 10.5. The molecule has 0 radical (unpaired) electrons. The third kappa shape index (κ3) is 5.79. The highest BCUT2D eigenvalue weighted by Gasteiger charge is 2.30. The van der Waals surface area contributed by atoms with E-state index in [2.05, 4.69) is 41.1 Å². The smallest absolute Gasteiger partial charge is 0.237 e. The van der Waals surface area contributed by atoms with Crippen molar-refractivity contribution < 1.29 is 9.59 Å². The van der Waals surface area contributed by atoms with Gasteiger partial charge in [0.15, 0.2) is 0 Å². The molecule has 2 fully saturated rings. The summed E-state index contributed by atoms with van der Waals surface area (Å²) in [5.74, 6) is 0.313. The number of amides is 2. The van der Waals surface area contributed by atoms with Crippen LogP contribution in [0.4, 0.5) is 0 Å². The summed E-state index contributed by atoms with van der Waals surface area (Å²) in [4.78, 5) is 31.6. The fraction of sp³-hybridized carbons (Fsp3) is 0.636. The zero-order valence-electron chi connectivity index (χ0n) is 17.4. The van der Waals surface area contributed by atoms with Gasteiger partial charge in [-0.2, -0.15) is 0 Å². The highest BCUT2D eigenvalue weighted by atomic mass is 16.2. The van der Waals surface area contributed by atoms with Gasteiger partial charge in [-0.1, -0.05) is 30.3 Å². The molecule has 3 rings (SSSR count). The largest absolute Gasteiger partial charge is 0.352 e. The second kappa shape index (κ2) is 9.52. The molecule has 1 unspecified atom stereocenters. The van der Waals surface area contributed by atoms with Crippen molar-refractivity contribution in [1.29, 1.82) is 0 Å². The number of rotatable bonds is 8. The van der Waals surface area contributed by atoms with Crippen LogP contribution < -0.4 is 5.32 Å². The van der Waals surface area contributed by atoms with Gasteiger partial charge in [0, 0.05) is 44.8 Å². The van der Waals surface area contributed by atoms with Gasteiger partial charge in [-0.15, -0.1) is 0 Å². The summed E-state index contributed by atoms with van der Waals surface area (Å²) >= 11 is 0. The van der Waals surface area contributed by atoms with Crippen molar-refractivity contribution in [2.24, 2.45) is 0 Å². The van der Waals surface area contributed by atoms with Crippen molar-refractivity contribution in [3.8, 4) is 0 Å². The molecule has 0 aromatic heterocycles. The lowest BCUT2D eigenvalue weighted by Gasteiger charge is -2.38. The van der Waals surface area contributed by atoms with Gasteiger partial charge in [-0.3, -0.25) is 19.4 Å². The van der Waals surface area contributed by atoms with E-state index in [-0.39, 0.29) is 23.9 Å². The predicted octanol–water partition coefficient (Wildman–Crippen LogP) is 1.71. The van der Waals surface area contributed by atoms with E-state index >= 15 is 0 Å². The second-order valence-corrected chi connectivity index (χ2v) is 8.37. The molecule has 2 amide bonds. The minimum atomic E-state index is -0.0938. The zero-order valence-corrected chi connectivity index (χ0v) is 17.4. The highest BCUT2D eigenvalue weighted by Crippen LogP contribution is 2.19. The van der Waals surface area contributed by atoms with Crippen LogP contribution in [-0.2, 0) is 16.1 Å². The summed E-state index contributed by atoms with van der Waals surface area (Å²) in [6, 6.07) is 10.6. The van der Waals surface area contributed by atoms with Gasteiger partial charge >= 0.3 is 0 Å². The van der Waals surface area contributed by atoms with Crippen LogP contribution in [-0.4, -0.2) is 77.4 Å². The fourth-order valence-electron chi connectivity index (χ4n) is 3.64. The molecule has 154 valence electrons. The summed E-state index contributed by atoms with van der Waals surface area (Å²) in [7, 11) is 0. The van der Waals surface area contributed by atoms with Crippen LogP contribution in [0.5, 0.6) is 0 Å². The molecule has 1 N–H and O–H groups in total. The number of nitrogens with one attached hydrogen (secondary N) is 1. The van der Waals surface area contributed by atoms with Gasteiger partial charge in [0.2, 0.25) is 11.8 Å². The zero-order chi connectivity index (χ0) is 20.1. The maximum Gasteiger partial charge on any atom is 0.237 e. The monoisotopic (exact) mass is 386 g/mol. The third-order valence-electron chi connectivity index (χ3n) is 5.76. The first-order chi connectivity index (χ1) is 13.4.